The first-order chi connectivity index (χ1) is 20.9. The fourth-order valence-corrected chi connectivity index (χ4v) is 8.94. The Morgan fingerprint density at radius 2 is 2.05 bits per heavy atom. The van der Waals surface area contributed by atoms with Gasteiger partial charge in [-0.25, -0.2) is 0 Å². The van der Waals surface area contributed by atoms with Crippen LogP contribution in [0.4, 0.5) is 0 Å². The third-order valence-corrected chi connectivity index (χ3v) is 10.8. The molecule has 0 aromatic rings. The van der Waals surface area contributed by atoms with Crippen LogP contribution in [-0.2, 0) is 38.2 Å². The van der Waals surface area contributed by atoms with E-state index in [1.807, 2.05) is 19.9 Å². The van der Waals surface area contributed by atoms with E-state index in [0.717, 1.165) is 24.8 Å². The van der Waals surface area contributed by atoms with Gasteiger partial charge in [-0.1, -0.05) is 38.8 Å². The largest absolute Gasteiger partial charge is 0.456 e. The van der Waals surface area contributed by atoms with Crippen LogP contribution in [0.25, 0.3) is 0 Å². The number of rotatable bonds is 12. The van der Waals surface area contributed by atoms with Crippen molar-refractivity contribution < 1.29 is 48.4 Å². The van der Waals surface area contributed by atoms with Crippen molar-refractivity contribution in [2.24, 2.45) is 28.6 Å². The summed E-state index contributed by atoms with van der Waals surface area (Å²) in [6.45, 7) is 4.78. The van der Waals surface area contributed by atoms with Crippen LogP contribution in [0.15, 0.2) is 23.8 Å². The highest BCUT2D eigenvalue weighted by Crippen LogP contribution is 2.69. The molecule has 3 saturated carbocycles. The Bertz CT molecular complexity index is 1260. The van der Waals surface area contributed by atoms with E-state index in [4.69, 9.17) is 14.2 Å². The summed E-state index contributed by atoms with van der Waals surface area (Å²) >= 11 is 0. The van der Waals surface area contributed by atoms with E-state index in [2.05, 4.69) is 17.1 Å². The molecule has 242 valence electrons. The number of hydrogen-bond acceptors (Lipinski definition) is 11. The minimum atomic E-state index is -1.42. The number of aliphatic hydroxyl groups excluding tert-OH is 1. The highest BCUT2D eigenvalue weighted by atomic mass is 16.9. The molecule has 0 bridgehead atoms. The lowest BCUT2D eigenvalue weighted by molar-refractivity contribution is -0.757. The summed E-state index contributed by atoms with van der Waals surface area (Å²) in [6, 6.07) is 0. The number of Topliss-reactive ketones (excluding diaryl/α,β-unsaturated/α-hetero) is 1. The number of amides is 1. The number of allylic oxidation sites excluding steroid dienone is 4. The van der Waals surface area contributed by atoms with Gasteiger partial charge in [0.2, 0.25) is 11.7 Å². The zero-order valence-electron chi connectivity index (χ0n) is 25.5. The van der Waals surface area contributed by atoms with Gasteiger partial charge in [0.25, 0.3) is 5.09 Å². The smallest absolute Gasteiger partial charge is 0.325 e. The molecule has 1 amide bonds. The van der Waals surface area contributed by atoms with Gasteiger partial charge in [-0.3, -0.25) is 19.2 Å². The van der Waals surface area contributed by atoms with Crippen molar-refractivity contribution >= 4 is 23.4 Å². The molecule has 5 aliphatic rings. The standard InChI is InChI=1S/C31H42N2O11/c1-4-6-27-43-24-14-21-20-9-8-18-13-19(34)10-11-29(18,2)28(20)22(35)15-30(21,3)31(24,44-27)23(36)17-41-26(38)16-32-25(37)7-5-12-42-33(39)40/h10-11,13,20-22,24,27-28,35H,4-9,12,14-17H2,1-3H3,(H,32,37)/t20-,21-,22-,24+,27?,28+,29-,30-,31?/m0/s1. The molecule has 0 aromatic heterocycles. The van der Waals surface area contributed by atoms with Crippen LogP contribution < -0.4 is 5.32 Å². The molecule has 1 aliphatic heterocycles. The van der Waals surface area contributed by atoms with Crippen molar-refractivity contribution in [3.05, 3.63) is 33.9 Å². The number of carbonyl (C=O) groups excluding carboxylic acids is 4. The minimum Gasteiger partial charge on any atom is -0.456 e. The van der Waals surface area contributed by atoms with Gasteiger partial charge in [0.05, 0.1) is 18.8 Å². The first kappa shape index (κ1) is 32.2. The summed E-state index contributed by atoms with van der Waals surface area (Å²) < 4.78 is 18.2. The second kappa shape index (κ2) is 12.3. The Hall–Kier alpha value is -3.16. The molecule has 4 aliphatic carbocycles. The lowest BCUT2D eigenvalue weighted by Crippen LogP contribution is -2.63. The van der Waals surface area contributed by atoms with E-state index in [0.29, 0.717) is 12.8 Å². The first-order valence-electron chi connectivity index (χ1n) is 15.5. The van der Waals surface area contributed by atoms with Crippen molar-refractivity contribution in [1.82, 2.24) is 5.32 Å². The van der Waals surface area contributed by atoms with Crippen LogP contribution in [0.3, 0.4) is 0 Å². The van der Waals surface area contributed by atoms with Crippen molar-refractivity contribution in [1.29, 1.82) is 0 Å². The van der Waals surface area contributed by atoms with Gasteiger partial charge in [-0.05, 0) is 62.5 Å². The molecule has 2 unspecified atom stereocenters. The summed E-state index contributed by atoms with van der Waals surface area (Å²) in [7, 11) is 0. The summed E-state index contributed by atoms with van der Waals surface area (Å²) in [5.41, 5.74) is -1.63. The average Bonchev–Trinajstić information content (AvgIpc) is 3.45. The highest BCUT2D eigenvalue weighted by molar-refractivity contribution is 6.01. The number of hydrogen-bond donors (Lipinski definition) is 2. The molecule has 0 aromatic carbocycles. The molecule has 0 radical (unpaired) electrons. The summed E-state index contributed by atoms with van der Waals surface area (Å²) in [6.07, 6.45) is 7.03. The predicted octanol–water partition coefficient (Wildman–Crippen LogP) is 2.37. The van der Waals surface area contributed by atoms with Crippen LogP contribution in [0.1, 0.15) is 72.1 Å². The topological polar surface area (TPSA) is 181 Å². The van der Waals surface area contributed by atoms with E-state index in [1.54, 1.807) is 12.2 Å². The summed E-state index contributed by atoms with van der Waals surface area (Å²) in [5, 5.41) is 23.4. The van der Waals surface area contributed by atoms with E-state index >= 15 is 0 Å². The Kier molecular flexibility index (Phi) is 9.03. The van der Waals surface area contributed by atoms with Crippen molar-refractivity contribution in [3.63, 3.8) is 0 Å². The third-order valence-electron chi connectivity index (χ3n) is 10.8. The molecule has 1 heterocycles. The molecule has 44 heavy (non-hydrogen) atoms. The number of nitrogens with one attached hydrogen (secondary N) is 1. The van der Waals surface area contributed by atoms with Crippen LogP contribution >= 0.6 is 0 Å². The van der Waals surface area contributed by atoms with Crippen molar-refractivity contribution in [2.45, 2.75) is 96.2 Å². The van der Waals surface area contributed by atoms with E-state index in [1.165, 1.54) is 0 Å². The summed E-state index contributed by atoms with van der Waals surface area (Å²) in [4.78, 5) is 65.1. The summed E-state index contributed by atoms with van der Waals surface area (Å²) in [5.74, 6) is -1.87. The quantitative estimate of drug-likeness (QED) is 0.142. The van der Waals surface area contributed by atoms with Crippen molar-refractivity contribution in [2.75, 3.05) is 19.8 Å². The van der Waals surface area contributed by atoms with Gasteiger partial charge < -0.3 is 29.5 Å². The number of nitrogens with zero attached hydrogens (tertiary/aromatic N) is 1. The molecule has 1 saturated heterocycles. The number of aliphatic hydroxyl groups is 1. The molecule has 5 rings (SSSR count). The molecule has 9 atom stereocenters. The molecule has 0 spiro atoms. The van der Waals surface area contributed by atoms with Crippen LogP contribution in [-0.4, -0.2) is 77.5 Å². The average molecular weight is 619 g/mol. The number of esters is 1. The maximum absolute atomic E-state index is 14.1. The zero-order valence-corrected chi connectivity index (χ0v) is 25.5. The Balaban J connectivity index is 1.30. The first-order valence-corrected chi connectivity index (χ1v) is 15.5. The highest BCUT2D eigenvalue weighted by Gasteiger charge is 2.75. The fraction of sp³-hybridized carbons (Fsp3) is 0.742. The fourth-order valence-electron chi connectivity index (χ4n) is 8.94. The maximum atomic E-state index is 14.1. The molecule has 2 N–H and O–H groups in total. The molecular weight excluding hydrogens is 576 g/mol. The van der Waals surface area contributed by atoms with E-state index in [-0.39, 0.29) is 49.4 Å². The van der Waals surface area contributed by atoms with Gasteiger partial charge in [0, 0.05) is 23.2 Å². The molecular formula is C31H42N2O11. The zero-order chi connectivity index (χ0) is 31.9. The molecule has 13 nitrogen and oxygen atoms in total. The number of fused-ring (bicyclic) bond motifs is 7. The Morgan fingerprint density at radius 1 is 1.27 bits per heavy atom. The Morgan fingerprint density at radius 3 is 2.77 bits per heavy atom. The SMILES string of the molecule is CCCC1O[C@@H]2C[C@H]3[C@@H]4CCC5=CC(=O)C=C[C@]5(C)[C@H]4[C@@H](O)C[C@]3(C)C2(C(=O)COC(=O)CNC(=O)CCCO[N+](=O)[O-])O1. The lowest BCUT2D eigenvalue weighted by Gasteiger charge is -2.59. The van der Waals surface area contributed by atoms with E-state index < -0.39 is 70.8 Å². The van der Waals surface area contributed by atoms with Gasteiger partial charge >= 0.3 is 5.97 Å². The third kappa shape index (κ3) is 5.47. The monoisotopic (exact) mass is 618 g/mol. The van der Waals surface area contributed by atoms with Crippen LogP contribution in [0.5, 0.6) is 0 Å². The Labute approximate surface area is 255 Å². The van der Waals surface area contributed by atoms with Crippen molar-refractivity contribution in [3.8, 4) is 0 Å². The van der Waals surface area contributed by atoms with Gasteiger partial charge in [-0.2, -0.15) is 0 Å². The maximum Gasteiger partial charge on any atom is 0.325 e. The van der Waals surface area contributed by atoms with Gasteiger partial charge in [0.1, 0.15) is 6.54 Å². The van der Waals surface area contributed by atoms with Crippen LogP contribution in [0.2, 0.25) is 0 Å². The normalized spacial score (nSPS) is 38.5. The van der Waals surface area contributed by atoms with Crippen LogP contribution in [0, 0.1) is 38.7 Å². The van der Waals surface area contributed by atoms with Gasteiger partial charge in [0.15, 0.2) is 24.3 Å². The number of ether oxygens (including phenoxy) is 3. The molecule has 13 heteroatoms. The lowest BCUT2D eigenvalue weighted by atomic mass is 9.46. The number of ketones is 2. The molecule has 4 fully saturated rings. The predicted molar refractivity (Wildman–Crippen MR) is 152 cm³/mol. The minimum absolute atomic E-state index is 0.00823. The number of carbonyl (C=O) groups is 4. The van der Waals surface area contributed by atoms with E-state index in [9.17, 15) is 34.4 Å². The second-order valence-electron chi connectivity index (χ2n) is 13.2. The van der Waals surface area contributed by atoms with Gasteiger partial charge in [-0.15, -0.1) is 10.1 Å². The second-order valence-corrected chi connectivity index (χ2v) is 13.2.